The number of carbonyl (C=O) groups is 1. The number of hydrogen-bond acceptors (Lipinski definition) is 5. The van der Waals surface area contributed by atoms with Crippen molar-refractivity contribution in [2.75, 3.05) is 17.1 Å². The lowest BCUT2D eigenvalue weighted by molar-refractivity contribution is -0.115. The average molecular weight is 491 g/mol. The van der Waals surface area contributed by atoms with Crippen LogP contribution in [0.2, 0.25) is 5.02 Å². The fraction of sp³-hybridized carbons (Fsp3) is 0.174. The molecule has 168 valence electrons. The van der Waals surface area contributed by atoms with Gasteiger partial charge in [0, 0.05) is 21.3 Å². The number of anilines is 2. The van der Waals surface area contributed by atoms with Gasteiger partial charge < -0.3 is 10.1 Å². The number of carbonyl (C=O) groups excluding carboxylic acids is 1. The summed E-state index contributed by atoms with van der Waals surface area (Å²) in [5, 5.41) is 3.20. The van der Waals surface area contributed by atoms with E-state index in [2.05, 4.69) is 10.0 Å². The molecule has 32 heavy (non-hydrogen) atoms. The maximum atomic E-state index is 12.7. The molecule has 3 rings (SSSR count). The van der Waals surface area contributed by atoms with Gasteiger partial charge in [-0.05, 0) is 79.2 Å². The summed E-state index contributed by atoms with van der Waals surface area (Å²) in [6.45, 7) is 1.94. The number of ether oxygens (including phenoxy) is 1. The number of hydrogen-bond donors (Lipinski definition) is 2. The number of benzene rings is 3. The van der Waals surface area contributed by atoms with Crippen molar-refractivity contribution < 1.29 is 17.9 Å². The highest BCUT2D eigenvalue weighted by atomic mass is 35.5. The van der Waals surface area contributed by atoms with Crippen LogP contribution in [0.15, 0.2) is 82.6 Å². The van der Waals surface area contributed by atoms with E-state index < -0.39 is 10.0 Å². The Kier molecular flexibility index (Phi) is 8.06. The molecule has 2 N–H and O–H groups in total. The quantitative estimate of drug-likeness (QED) is 0.378. The van der Waals surface area contributed by atoms with Gasteiger partial charge in [-0.1, -0.05) is 18.5 Å². The van der Waals surface area contributed by atoms with Crippen LogP contribution in [0, 0.1) is 0 Å². The largest absolute Gasteiger partial charge is 0.497 e. The third-order valence-electron chi connectivity index (χ3n) is 4.53. The van der Waals surface area contributed by atoms with E-state index in [0.717, 1.165) is 4.90 Å². The number of halogens is 1. The summed E-state index contributed by atoms with van der Waals surface area (Å²) in [4.78, 5) is 13.7. The monoisotopic (exact) mass is 490 g/mol. The van der Waals surface area contributed by atoms with Crippen molar-refractivity contribution in [3.8, 4) is 5.75 Å². The zero-order chi connectivity index (χ0) is 23.1. The summed E-state index contributed by atoms with van der Waals surface area (Å²) in [5.41, 5.74) is 0.946. The van der Waals surface area contributed by atoms with E-state index in [1.165, 1.54) is 23.9 Å². The minimum Gasteiger partial charge on any atom is -0.497 e. The van der Waals surface area contributed by atoms with Crippen molar-refractivity contribution >= 4 is 50.7 Å². The fourth-order valence-electron chi connectivity index (χ4n) is 2.81. The molecule has 1 atom stereocenters. The molecule has 0 saturated carbocycles. The number of amides is 1. The first-order valence-corrected chi connectivity index (χ1v) is 12.5. The zero-order valence-electron chi connectivity index (χ0n) is 17.5. The number of rotatable bonds is 9. The molecular weight excluding hydrogens is 468 g/mol. The molecule has 6 nitrogen and oxygen atoms in total. The maximum absolute atomic E-state index is 12.7. The molecule has 0 fully saturated rings. The number of nitrogens with one attached hydrogen (secondary N) is 2. The van der Waals surface area contributed by atoms with E-state index in [-0.39, 0.29) is 16.1 Å². The highest BCUT2D eigenvalue weighted by Crippen LogP contribution is 2.28. The first-order valence-electron chi connectivity index (χ1n) is 9.81. The molecule has 1 unspecified atom stereocenters. The van der Waals surface area contributed by atoms with Gasteiger partial charge in [0.1, 0.15) is 5.75 Å². The second-order valence-corrected chi connectivity index (χ2v) is 10.2. The van der Waals surface area contributed by atoms with Gasteiger partial charge in [-0.25, -0.2) is 8.42 Å². The van der Waals surface area contributed by atoms with Gasteiger partial charge >= 0.3 is 0 Å². The third-order valence-corrected chi connectivity index (χ3v) is 7.56. The predicted octanol–water partition coefficient (Wildman–Crippen LogP) is 5.66. The normalized spacial score (nSPS) is 12.1. The Labute approximate surface area is 197 Å². The smallest absolute Gasteiger partial charge is 0.261 e. The molecule has 0 heterocycles. The Balaban J connectivity index is 1.64. The van der Waals surface area contributed by atoms with Gasteiger partial charge in [0.25, 0.3) is 10.0 Å². The molecule has 1 amide bonds. The maximum Gasteiger partial charge on any atom is 0.261 e. The third kappa shape index (κ3) is 6.41. The van der Waals surface area contributed by atoms with Gasteiger partial charge in [-0.15, -0.1) is 11.8 Å². The Morgan fingerprint density at radius 1 is 0.969 bits per heavy atom. The van der Waals surface area contributed by atoms with Crippen LogP contribution in [0.1, 0.15) is 13.3 Å². The van der Waals surface area contributed by atoms with Crippen LogP contribution >= 0.6 is 23.4 Å². The van der Waals surface area contributed by atoms with Gasteiger partial charge in [0.05, 0.1) is 17.3 Å². The van der Waals surface area contributed by atoms with Crippen LogP contribution in [0.25, 0.3) is 0 Å². The van der Waals surface area contributed by atoms with Gasteiger partial charge in [0.2, 0.25) is 5.91 Å². The van der Waals surface area contributed by atoms with Crippen molar-refractivity contribution in [1.29, 1.82) is 0 Å². The standard InChI is InChI=1S/C23H23ClN2O4S2/c1-3-22(31-20-12-4-16(24)5-13-20)23(27)25-17-8-14-21(15-9-17)32(28,29)26-18-6-10-19(30-2)11-7-18/h4-15,22,26H,3H2,1-2H3,(H,25,27). The van der Waals surface area contributed by atoms with Crippen molar-refractivity contribution in [2.45, 2.75) is 28.4 Å². The minimum atomic E-state index is -3.76. The van der Waals surface area contributed by atoms with Crippen LogP contribution in [0.5, 0.6) is 5.75 Å². The molecule has 3 aromatic carbocycles. The SMILES string of the molecule is CCC(Sc1ccc(Cl)cc1)C(=O)Nc1ccc(S(=O)(=O)Nc2ccc(OC)cc2)cc1. The van der Waals surface area contributed by atoms with E-state index in [1.54, 1.807) is 55.6 Å². The Morgan fingerprint density at radius 2 is 1.56 bits per heavy atom. The molecule has 0 aliphatic heterocycles. The second-order valence-electron chi connectivity index (χ2n) is 6.82. The van der Waals surface area contributed by atoms with Crippen LogP contribution in [-0.4, -0.2) is 26.7 Å². The Morgan fingerprint density at radius 3 is 2.12 bits per heavy atom. The Hall–Kier alpha value is -2.68. The van der Waals surface area contributed by atoms with Crippen molar-refractivity contribution in [2.24, 2.45) is 0 Å². The molecule has 0 aromatic heterocycles. The summed E-state index contributed by atoms with van der Waals surface area (Å²) in [5.74, 6) is 0.479. The number of thioether (sulfide) groups is 1. The second kappa shape index (κ2) is 10.8. The average Bonchev–Trinajstić information content (AvgIpc) is 2.79. The topological polar surface area (TPSA) is 84.5 Å². The molecule has 0 aliphatic rings. The van der Waals surface area contributed by atoms with E-state index in [1.807, 2.05) is 19.1 Å². The van der Waals surface area contributed by atoms with Crippen LogP contribution in [0.3, 0.4) is 0 Å². The lowest BCUT2D eigenvalue weighted by Crippen LogP contribution is -2.24. The van der Waals surface area contributed by atoms with Crippen molar-refractivity contribution in [1.82, 2.24) is 0 Å². The summed E-state index contributed by atoms with van der Waals surface area (Å²) >= 11 is 7.36. The number of sulfonamides is 1. The molecule has 0 aliphatic carbocycles. The van der Waals surface area contributed by atoms with Gasteiger partial charge in [-0.2, -0.15) is 0 Å². The minimum absolute atomic E-state index is 0.0916. The summed E-state index contributed by atoms with van der Waals surface area (Å²) in [6, 6.07) is 19.9. The molecule has 9 heteroatoms. The molecular formula is C23H23ClN2O4S2. The molecule has 0 spiro atoms. The molecule has 3 aromatic rings. The van der Waals surface area contributed by atoms with Gasteiger partial charge in [-0.3, -0.25) is 9.52 Å². The lowest BCUT2D eigenvalue weighted by Gasteiger charge is -2.15. The number of methoxy groups -OCH3 is 1. The lowest BCUT2D eigenvalue weighted by atomic mass is 10.3. The van der Waals surface area contributed by atoms with Crippen LogP contribution in [-0.2, 0) is 14.8 Å². The first-order chi connectivity index (χ1) is 15.3. The van der Waals surface area contributed by atoms with Gasteiger partial charge in [0.15, 0.2) is 0 Å². The van der Waals surface area contributed by atoms with E-state index >= 15 is 0 Å². The predicted molar refractivity (Wildman–Crippen MR) is 130 cm³/mol. The van der Waals surface area contributed by atoms with E-state index in [4.69, 9.17) is 16.3 Å². The summed E-state index contributed by atoms with van der Waals surface area (Å²) < 4.78 is 32.9. The van der Waals surface area contributed by atoms with E-state index in [9.17, 15) is 13.2 Å². The highest BCUT2D eigenvalue weighted by molar-refractivity contribution is 8.00. The summed E-state index contributed by atoms with van der Waals surface area (Å²) in [7, 11) is -2.22. The summed E-state index contributed by atoms with van der Waals surface area (Å²) in [6.07, 6.45) is 0.636. The van der Waals surface area contributed by atoms with Crippen LogP contribution in [0.4, 0.5) is 11.4 Å². The fourth-order valence-corrected chi connectivity index (χ4v) is 4.95. The van der Waals surface area contributed by atoms with Crippen LogP contribution < -0.4 is 14.8 Å². The highest BCUT2D eigenvalue weighted by Gasteiger charge is 2.19. The van der Waals surface area contributed by atoms with E-state index in [0.29, 0.717) is 28.6 Å². The molecule has 0 radical (unpaired) electrons. The molecule has 0 saturated heterocycles. The van der Waals surface area contributed by atoms with Crippen molar-refractivity contribution in [3.63, 3.8) is 0 Å². The first kappa shape index (κ1) is 24.0. The zero-order valence-corrected chi connectivity index (χ0v) is 19.9. The van der Waals surface area contributed by atoms with Crippen molar-refractivity contribution in [3.05, 3.63) is 77.8 Å². The Bertz CT molecular complexity index is 1150. The molecule has 0 bridgehead atoms.